The Hall–Kier alpha value is -4.00. The van der Waals surface area contributed by atoms with E-state index >= 15 is 0 Å². The molecular formula is C23H20N6O. The largest absolute Gasteiger partial charge is 0.383 e. The van der Waals surface area contributed by atoms with Crippen molar-refractivity contribution in [3.63, 3.8) is 0 Å². The van der Waals surface area contributed by atoms with Crippen LogP contribution in [0.5, 0.6) is 0 Å². The Morgan fingerprint density at radius 3 is 2.93 bits per heavy atom. The van der Waals surface area contributed by atoms with E-state index in [1.165, 1.54) is 12.4 Å². The molecule has 0 spiro atoms. The molecular weight excluding hydrogens is 376 g/mol. The Balaban J connectivity index is 1.75. The number of carbonyl (C=O) groups excluding carboxylic acids is 1. The maximum atomic E-state index is 11.8. The molecule has 0 fully saturated rings. The van der Waals surface area contributed by atoms with Crippen molar-refractivity contribution in [3.05, 3.63) is 67.8 Å². The van der Waals surface area contributed by atoms with E-state index in [4.69, 9.17) is 5.73 Å². The number of benzene rings is 1. The van der Waals surface area contributed by atoms with Crippen molar-refractivity contribution in [1.29, 1.82) is 0 Å². The number of rotatable bonds is 3. The number of hydrogen-bond acceptors (Lipinski definition) is 5. The lowest BCUT2D eigenvalue weighted by Crippen LogP contribution is -2.39. The summed E-state index contributed by atoms with van der Waals surface area (Å²) in [5, 5.41) is 4.78. The summed E-state index contributed by atoms with van der Waals surface area (Å²) >= 11 is 0. The third-order valence-corrected chi connectivity index (χ3v) is 5.51. The number of nitrogens with two attached hydrogens (primary N) is 1. The molecule has 3 N–H and O–H groups in total. The number of amides is 1. The third kappa shape index (κ3) is 2.75. The number of nitrogens with zero attached hydrogens (tertiary/aromatic N) is 4. The Morgan fingerprint density at radius 1 is 1.27 bits per heavy atom. The summed E-state index contributed by atoms with van der Waals surface area (Å²) in [5.41, 5.74) is 11.7. The zero-order chi connectivity index (χ0) is 20.8. The van der Waals surface area contributed by atoms with E-state index in [0.717, 1.165) is 44.3 Å². The highest BCUT2D eigenvalue weighted by molar-refractivity contribution is 6.07. The van der Waals surface area contributed by atoms with Gasteiger partial charge in [0.15, 0.2) is 0 Å². The first-order chi connectivity index (χ1) is 14.6. The lowest BCUT2D eigenvalue weighted by Gasteiger charge is -2.28. The van der Waals surface area contributed by atoms with Gasteiger partial charge in [0.1, 0.15) is 17.8 Å². The van der Waals surface area contributed by atoms with Gasteiger partial charge < -0.3 is 15.6 Å². The molecule has 30 heavy (non-hydrogen) atoms. The van der Waals surface area contributed by atoms with Crippen LogP contribution in [0.2, 0.25) is 0 Å². The Kier molecular flexibility index (Phi) is 4.10. The molecule has 5 rings (SSSR count). The summed E-state index contributed by atoms with van der Waals surface area (Å²) in [6.07, 6.45) is 5.21. The minimum absolute atomic E-state index is 0.107. The van der Waals surface area contributed by atoms with Crippen LogP contribution in [0.15, 0.2) is 62.1 Å². The number of carbonyl (C=O) groups is 1. The average Bonchev–Trinajstić information content (AvgIpc) is 3.09. The van der Waals surface area contributed by atoms with E-state index < -0.39 is 0 Å². The molecule has 4 heterocycles. The first-order valence-electron chi connectivity index (χ1n) is 9.65. The van der Waals surface area contributed by atoms with Gasteiger partial charge in [-0.25, -0.2) is 9.97 Å². The van der Waals surface area contributed by atoms with Crippen LogP contribution in [-0.4, -0.2) is 31.5 Å². The van der Waals surface area contributed by atoms with Crippen molar-refractivity contribution < 1.29 is 4.79 Å². The summed E-state index contributed by atoms with van der Waals surface area (Å²) in [6.45, 7) is 8.40. The predicted octanol–water partition coefficient (Wildman–Crippen LogP) is 3.32. The quantitative estimate of drug-likeness (QED) is 0.518. The topological polar surface area (TPSA) is 98.7 Å². The van der Waals surface area contributed by atoms with Gasteiger partial charge in [-0.3, -0.25) is 9.78 Å². The lowest BCUT2D eigenvalue weighted by atomic mass is 9.94. The number of pyridine rings is 1. The van der Waals surface area contributed by atoms with E-state index in [9.17, 15) is 4.79 Å². The standard InChI is InChI=1S/C23H20N6O/c1-3-18(30)28-16-8-13(2)21-19(15-9-14-6-4-5-7-17(14)25-10-15)20-22(24)26-12-27-23(20)29(21)11-16/h3-7,9-10,12,16H,1-2,8,11H2,(H,28,30)(H2,24,26,27). The average molecular weight is 396 g/mol. The van der Waals surface area contributed by atoms with Crippen LogP contribution in [0.3, 0.4) is 0 Å². The van der Waals surface area contributed by atoms with Crippen molar-refractivity contribution in [3.8, 4) is 11.1 Å². The summed E-state index contributed by atoms with van der Waals surface area (Å²) in [6, 6.07) is 9.97. The second kappa shape index (κ2) is 6.81. The maximum absolute atomic E-state index is 11.8. The summed E-state index contributed by atoms with van der Waals surface area (Å²) < 4.78 is 2.07. The van der Waals surface area contributed by atoms with Gasteiger partial charge in [0.05, 0.1) is 22.6 Å². The molecule has 0 aliphatic carbocycles. The molecule has 1 atom stereocenters. The van der Waals surface area contributed by atoms with Crippen molar-refractivity contribution in [2.45, 2.75) is 19.0 Å². The second-order valence-corrected chi connectivity index (χ2v) is 7.43. The zero-order valence-electron chi connectivity index (χ0n) is 16.3. The number of fused-ring (bicyclic) bond motifs is 4. The van der Waals surface area contributed by atoms with Crippen LogP contribution in [-0.2, 0) is 11.3 Å². The van der Waals surface area contributed by atoms with E-state index in [0.29, 0.717) is 18.8 Å². The molecule has 1 amide bonds. The van der Waals surface area contributed by atoms with Gasteiger partial charge in [-0.15, -0.1) is 0 Å². The molecule has 0 saturated heterocycles. The van der Waals surface area contributed by atoms with Gasteiger partial charge in [0, 0.05) is 29.3 Å². The van der Waals surface area contributed by atoms with Crippen LogP contribution in [0.1, 0.15) is 12.1 Å². The predicted molar refractivity (Wildman–Crippen MR) is 118 cm³/mol. The molecule has 0 saturated carbocycles. The molecule has 1 unspecified atom stereocenters. The van der Waals surface area contributed by atoms with Crippen molar-refractivity contribution in [2.24, 2.45) is 0 Å². The summed E-state index contributed by atoms with van der Waals surface area (Å²) in [5.74, 6) is 0.199. The van der Waals surface area contributed by atoms with E-state index in [-0.39, 0.29) is 11.9 Å². The number of nitrogens with one attached hydrogen (secondary N) is 1. The summed E-state index contributed by atoms with van der Waals surface area (Å²) in [7, 11) is 0. The highest BCUT2D eigenvalue weighted by atomic mass is 16.1. The fraction of sp³-hybridized carbons (Fsp3) is 0.130. The molecule has 4 aromatic rings. The van der Waals surface area contributed by atoms with Gasteiger partial charge in [-0.1, -0.05) is 31.4 Å². The van der Waals surface area contributed by atoms with Crippen LogP contribution in [0.25, 0.3) is 38.6 Å². The molecule has 1 aromatic carbocycles. The van der Waals surface area contributed by atoms with Gasteiger partial charge in [-0.05, 0) is 30.2 Å². The highest BCUT2D eigenvalue weighted by Gasteiger charge is 2.30. The number of nitrogen functional groups attached to an aromatic ring is 1. The molecule has 1 aliphatic rings. The zero-order valence-corrected chi connectivity index (χ0v) is 16.3. The molecule has 7 nitrogen and oxygen atoms in total. The maximum Gasteiger partial charge on any atom is 0.243 e. The Labute approximate surface area is 173 Å². The van der Waals surface area contributed by atoms with Crippen molar-refractivity contribution in [1.82, 2.24) is 24.8 Å². The van der Waals surface area contributed by atoms with Gasteiger partial charge in [0.25, 0.3) is 0 Å². The second-order valence-electron chi connectivity index (χ2n) is 7.43. The van der Waals surface area contributed by atoms with Crippen molar-refractivity contribution >= 4 is 39.2 Å². The minimum atomic E-state index is -0.208. The fourth-order valence-electron chi connectivity index (χ4n) is 4.26. The third-order valence-electron chi connectivity index (χ3n) is 5.51. The number of anilines is 1. The van der Waals surface area contributed by atoms with Gasteiger partial charge >= 0.3 is 0 Å². The van der Waals surface area contributed by atoms with Crippen molar-refractivity contribution in [2.75, 3.05) is 5.73 Å². The van der Waals surface area contributed by atoms with Crippen LogP contribution < -0.4 is 11.1 Å². The van der Waals surface area contributed by atoms with Crippen LogP contribution in [0.4, 0.5) is 5.82 Å². The summed E-state index contributed by atoms with van der Waals surface area (Å²) in [4.78, 5) is 25.2. The molecule has 0 bridgehead atoms. The molecule has 3 aromatic heterocycles. The molecule has 1 aliphatic heterocycles. The van der Waals surface area contributed by atoms with E-state index in [1.54, 1.807) is 0 Å². The van der Waals surface area contributed by atoms with E-state index in [2.05, 4.69) is 44.1 Å². The molecule has 148 valence electrons. The highest BCUT2D eigenvalue weighted by Crippen LogP contribution is 2.43. The lowest BCUT2D eigenvalue weighted by molar-refractivity contribution is -0.117. The monoisotopic (exact) mass is 396 g/mol. The normalized spacial score (nSPS) is 15.9. The smallest absolute Gasteiger partial charge is 0.243 e. The molecule has 0 radical (unpaired) electrons. The van der Waals surface area contributed by atoms with Crippen LogP contribution in [0, 0.1) is 0 Å². The number of para-hydroxylation sites is 1. The van der Waals surface area contributed by atoms with Gasteiger partial charge in [-0.2, -0.15) is 0 Å². The number of aromatic nitrogens is 4. The van der Waals surface area contributed by atoms with E-state index in [1.807, 2.05) is 30.5 Å². The first-order valence-corrected chi connectivity index (χ1v) is 9.65. The fourth-order valence-corrected chi connectivity index (χ4v) is 4.26. The minimum Gasteiger partial charge on any atom is -0.383 e. The Morgan fingerprint density at radius 2 is 2.10 bits per heavy atom. The number of hydrogen-bond donors (Lipinski definition) is 2. The van der Waals surface area contributed by atoms with Crippen LogP contribution >= 0.6 is 0 Å². The molecule has 7 heteroatoms. The Bertz CT molecular complexity index is 1350. The SMILES string of the molecule is C=CC(=O)NC1CC(=C)c2c(-c3cnc4ccccc4c3)c3c(N)ncnc3n2C1. The first kappa shape index (κ1) is 18.1. The van der Waals surface area contributed by atoms with Gasteiger partial charge in [0.2, 0.25) is 5.91 Å².